The summed E-state index contributed by atoms with van der Waals surface area (Å²) in [7, 11) is 0. The molecule has 0 aliphatic rings. The van der Waals surface area contributed by atoms with E-state index in [4.69, 9.17) is 4.74 Å². The Hall–Kier alpha value is -1.93. The van der Waals surface area contributed by atoms with Gasteiger partial charge in [0.25, 0.3) is 0 Å². The molecule has 4 heteroatoms. The lowest BCUT2D eigenvalue weighted by molar-refractivity contribution is -0.138. The molecular weight excluding hydrogens is 206 g/mol. The molecule has 1 aromatic heterocycles. The number of pyridine rings is 1. The fourth-order valence-electron chi connectivity index (χ4n) is 1.25. The van der Waals surface area contributed by atoms with Gasteiger partial charge in [-0.15, -0.1) is 0 Å². The summed E-state index contributed by atoms with van der Waals surface area (Å²) in [6, 6.07) is 5.42. The zero-order valence-electron chi connectivity index (χ0n) is 9.32. The molecule has 0 saturated heterocycles. The summed E-state index contributed by atoms with van der Waals surface area (Å²) in [5.74, 6) is 0.982. The summed E-state index contributed by atoms with van der Waals surface area (Å²) in [5, 5.41) is 0. The highest BCUT2D eigenvalue weighted by atomic mass is 16.5. The third kappa shape index (κ3) is 3.33. The molecule has 0 amide bonds. The maximum atomic E-state index is 11.3. The van der Waals surface area contributed by atoms with Gasteiger partial charge in [-0.1, -0.05) is 6.07 Å². The van der Waals surface area contributed by atoms with Gasteiger partial charge in [0.15, 0.2) is 0 Å². The van der Waals surface area contributed by atoms with Gasteiger partial charge >= 0.3 is 5.97 Å². The van der Waals surface area contributed by atoms with Crippen LogP contribution in [0.4, 0.5) is 0 Å². The first-order valence-electron chi connectivity index (χ1n) is 5.01. The van der Waals surface area contributed by atoms with E-state index in [9.17, 15) is 9.59 Å². The number of nitrogens with zero attached hydrogens (tertiary/aromatic N) is 1. The molecule has 0 radical (unpaired) electrons. The molecule has 84 valence electrons. The van der Waals surface area contributed by atoms with Gasteiger partial charge in [0.1, 0.15) is 11.5 Å². The average Bonchev–Trinajstić information content (AvgIpc) is 2.26. The summed E-state index contributed by atoms with van der Waals surface area (Å²) in [6.07, 6.45) is 0.157. The molecule has 1 heterocycles. The lowest BCUT2D eigenvalue weighted by atomic mass is 10.1. The molecule has 0 bridgehead atoms. The highest BCUT2D eigenvalue weighted by Gasteiger charge is 2.13. The second-order valence-corrected chi connectivity index (χ2v) is 3.25. The minimum atomic E-state index is -0.624. The largest absolute Gasteiger partial charge is 0.462 e. The van der Waals surface area contributed by atoms with E-state index in [1.165, 1.54) is 0 Å². The number of ether oxygens (including phenoxy) is 1. The van der Waals surface area contributed by atoms with Crippen LogP contribution in [-0.2, 0) is 20.7 Å². The maximum absolute atomic E-state index is 11.3. The molecule has 0 spiro atoms. The van der Waals surface area contributed by atoms with E-state index in [1.807, 2.05) is 19.1 Å². The van der Waals surface area contributed by atoms with E-state index in [0.29, 0.717) is 5.69 Å². The zero-order valence-corrected chi connectivity index (χ0v) is 9.32. The number of rotatable bonds is 4. The fourth-order valence-corrected chi connectivity index (χ4v) is 1.25. The normalized spacial score (nSPS) is 9.38. The summed E-state index contributed by atoms with van der Waals surface area (Å²) < 4.78 is 4.73. The van der Waals surface area contributed by atoms with Crippen LogP contribution in [0.15, 0.2) is 23.8 Å². The van der Waals surface area contributed by atoms with Crippen molar-refractivity contribution in [2.45, 2.75) is 20.3 Å². The minimum absolute atomic E-state index is 0.0278. The Labute approximate surface area is 94.0 Å². The minimum Gasteiger partial charge on any atom is -0.462 e. The zero-order chi connectivity index (χ0) is 12.0. The topological polar surface area (TPSA) is 56.3 Å². The van der Waals surface area contributed by atoms with Gasteiger partial charge in [-0.25, -0.2) is 9.59 Å². The van der Waals surface area contributed by atoms with Crippen LogP contribution in [0.3, 0.4) is 0 Å². The Balaban J connectivity index is 2.79. The molecule has 0 saturated carbocycles. The van der Waals surface area contributed by atoms with Crippen molar-refractivity contribution in [1.82, 2.24) is 4.98 Å². The van der Waals surface area contributed by atoms with E-state index in [1.54, 1.807) is 18.9 Å². The molecule has 0 aliphatic carbocycles. The Kier molecular flexibility index (Phi) is 4.42. The Morgan fingerprint density at radius 1 is 1.50 bits per heavy atom. The third-order valence-electron chi connectivity index (χ3n) is 1.95. The van der Waals surface area contributed by atoms with E-state index in [0.717, 1.165) is 5.69 Å². The first kappa shape index (κ1) is 12.1. The molecule has 1 aromatic rings. The predicted octanol–water partition coefficient (Wildman–Crippen LogP) is 1.25. The number of aromatic nitrogens is 1. The molecule has 1 rings (SSSR count). The predicted molar refractivity (Wildman–Crippen MR) is 58.5 cm³/mol. The molecule has 0 fully saturated rings. The smallest absolute Gasteiger partial charge is 0.345 e. The molecule has 0 atom stereocenters. The van der Waals surface area contributed by atoms with E-state index in [2.05, 4.69) is 4.98 Å². The van der Waals surface area contributed by atoms with Crippen molar-refractivity contribution in [2.75, 3.05) is 6.61 Å². The summed E-state index contributed by atoms with van der Waals surface area (Å²) in [6.45, 7) is 3.77. The second kappa shape index (κ2) is 5.83. The van der Waals surface area contributed by atoms with E-state index < -0.39 is 5.97 Å². The van der Waals surface area contributed by atoms with Gasteiger partial charge in [0, 0.05) is 17.8 Å². The number of aryl methyl sites for hydroxylation is 1. The molecule has 0 aromatic carbocycles. The maximum Gasteiger partial charge on any atom is 0.345 e. The summed E-state index contributed by atoms with van der Waals surface area (Å²) in [5.41, 5.74) is 1.47. The Bertz CT molecular complexity index is 434. The van der Waals surface area contributed by atoms with Crippen LogP contribution in [0, 0.1) is 6.92 Å². The lowest BCUT2D eigenvalue weighted by Gasteiger charge is -2.03. The van der Waals surface area contributed by atoms with Gasteiger partial charge < -0.3 is 4.74 Å². The van der Waals surface area contributed by atoms with Crippen LogP contribution in [0.2, 0.25) is 0 Å². The van der Waals surface area contributed by atoms with Crippen molar-refractivity contribution in [3.8, 4) is 0 Å². The SMILES string of the molecule is CCOC(=O)C(=C=O)Cc1cccc(C)n1. The van der Waals surface area contributed by atoms with E-state index in [-0.39, 0.29) is 18.6 Å². The molecule has 16 heavy (non-hydrogen) atoms. The number of esters is 1. The first-order chi connectivity index (χ1) is 7.67. The van der Waals surface area contributed by atoms with Crippen molar-refractivity contribution in [1.29, 1.82) is 0 Å². The fraction of sp³-hybridized carbons (Fsp3) is 0.333. The van der Waals surface area contributed by atoms with Crippen LogP contribution in [0.5, 0.6) is 0 Å². The number of hydrogen-bond donors (Lipinski definition) is 0. The Morgan fingerprint density at radius 2 is 2.25 bits per heavy atom. The third-order valence-corrected chi connectivity index (χ3v) is 1.95. The van der Waals surface area contributed by atoms with Gasteiger partial charge in [-0.2, -0.15) is 0 Å². The number of hydrogen-bond acceptors (Lipinski definition) is 4. The van der Waals surface area contributed by atoms with Gasteiger partial charge in [-0.05, 0) is 26.0 Å². The lowest BCUT2D eigenvalue weighted by Crippen LogP contribution is -2.11. The molecule has 4 nitrogen and oxygen atoms in total. The molecule has 0 aliphatic heterocycles. The first-order valence-corrected chi connectivity index (χ1v) is 5.01. The van der Waals surface area contributed by atoms with Gasteiger partial charge in [0.2, 0.25) is 0 Å². The highest BCUT2D eigenvalue weighted by Crippen LogP contribution is 2.06. The van der Waals surface area contributed by atoms with Crippen LogP contribution >= 0.6 is 0 Å². The molecule has 0 N–H and O–H groups in total. The monoisotopic (exact) mass is 219 g/mol. The molecule has 0 unspecified atom stereocenters. The number of carbonyl (C=O) groups excluding carboxylic acids is 2. The van der Waals surface area contributed by atoms with Crippen LogP contribution in [0.1, 0.15) is 18.3 Å². The van der Waals surface area contributed by atoms with Crippen LogP contribution < -0.4 is 0 Å². The standard InChI is InChI=1S/C12H13NO3/c1-3-16-12(15)10(8-14)7-11-6-4-5-9(2)13-11/h4-6H,3,7H2,1-2H3. The average molecular weight is 219 g/mol. The number of carbonyl (C=O) groups is 1. The molecular formula is C12H13NO3. The summed E-state index contributed by atoms with van der Waals surface area (Å²) >= 11 is 0. The Morgan fingerprint density at radius 3 is 2.81 bits per heavy atom. The second-order valence-electron chi connectivity index (χ2n) is 3.25. The van der Waals surface area contributed by atoms with Gasteiger partial charge in [-0.3, -0.25) is 4.98 Å². The summed E-state index contributed by atoms with van der Waals surface area (Å²) in [4.78, 5) is 26.1. The van der Waals surface area contributed by atoms with Crippen molar-refractivity contribution in [2.24, 2.45) is 0 Å². The van der Waals surface area contributed by atoms with Gasteiger partial charge in [0.05, 0.1) is 6.61 Å². The van der Waals surface area contributed by atoms with Crippen molar-refractivity contribution in [3.63, 3.8) is 0 Å². The van der Waals surface area contributed by atoms with Crippen molar-refractivity contribution < 1.29 is 14.3 Å². The van der Waals surface area contributed by atoms with Crippen molar-refractivity contribution >= 4 is 11.9 Å². The van der Waals surface area contributed by atoms with Crippen molar-refractivity contribution in [3.05, 3.63) is 35.2 Å². The quantitative estimate of drug-likeness (QED) is 0.434. The van der Waals surface area contributed by atoms with Crippen LogP contribution in [0.25, 0.3) is 0 Å². The van der Waals surface area contributed by atoms with Crippen LogP contribution in [-0.4, -0.2) is 23.5 Å². The van der Waals surface area contributed by atoms with E-state index >= 15 is 0 Å². The highest BCUT2D eigenvalue weighted by molar-refractivity contribution is 5.97.